The number of nitrogens with two attached hydrogens (primary N) is 1. The van der Waals surface area contributed by atoms with Crippen molar-refractivity contribution in [1.29, 1.82) is 0 Å². The fraction of sp³-hybridized carbons (Fsp3) is 0.900. The van der Waals surface area contributed by atoms with Gasteiger partial charge in [0.05, 0.1) is 18.8 Å². The maximum Gasteiger partial charge on any atom is 0.233 e. The second kappa shape index (κ2) is 8.94. The van der Waals surface area contributed by atoms with E-state index in [0.717, 1.165) is 26.2 Å². The smallest absolute Gasteiger partial charge is 0.233 e. The molecule has 7 heteroatoms. The fourth-order valence-corrected chi connectivity index (χ4v) is 1.73. The first kappa shape index (κ1) is 19.3. The Hall–Kier alpha value is -0.0700. The van der Waals surface area contributed by atoms with Crippen molar-refractivity contribution in [2.45, 2.75) is 19.4 Å². The highest BCUT2D eigenvalue weighted by Gasteiger charge is 2.26. The van der Waals surface area contributed by atoms with Gasteiger partial charge in [-0.1, -0.05) is 0 Å². The largest absolute Gasteiger partial charge is 0.373 e. The highest BCUT2D eigenvalue weighted by molar-refractivity contribution is 5.85. The number of carbonyl (C=O) groups is 1. The maximum absolute atomic E-state index is 10.9. The number of hydrogen-bond donors (Lipinski definition) is 2. The molecule has 1 heterocycles. The molecule has 1 amide bonds. The Kier molecular flexibility index (Phi) is 10.1. The highest BCUT2D eigenvalue weighted by Crippen LogP contribution is 2.15. The van der Waals surface area contributed by atoms with E-state index in [1.807, 2.05) is 0 Å². The summed E-state index contributed by atoms with van der Waals surface area (Å²) in [5.74, 6) is -0.0949. The molecule has 5 nitrogen and oxygen atoms in total. The molecule has 0 aromatic heterocycles. The maximum atomic E-state index is 10.9. The molecular weight excluding hydrogens is 265 g/mol. The van der Waals surface area contributed by atoms with E-state index in [1.165, 1.54) is 0 Å². The van der Waals surface area contributed by atoms with Crippen LogP contribution < -0.4 is 11.1 Å². The minimum Gasteiger partial charge on any atom is -0.373 e. The normalized spacial score (nSPS) is 18.8. The van der Waals surface area contributed by atoms with Gasteiger partial charge in [-0.3, -0.25) is 9.69 Å². The van der Waals surface area contributed by atoms with Gasteiger partial charge in [-0.2, -0.15) is 0 Å². The van der Waals surface area contributed by atoms with E-state index in [-0.39, 0.29) is 42.9 Å². The van der Waals surface area contributed by atoms with E-state index in [4.69, 9.17) is 10.5 Å². The van der Waals surface area contributed by atoms with Crippen LogP contribution in [0.4, 0.5) is 0 Å². The number of morpholine rings is 1. The van der Waals surface area contributed by atoms with Gasteiger partial charge in [0.2, 0.25) is 5.91 Å². The predicted molar refractivity (Wildman–Crippen MR) is 73.0 cm³/mol. The molecule has 0 radical (unpaired) electrons. The number of rotatable bonds is 4. The van der Waals surface area contributed by atoms with Crippen LogP contribution in [0.5, 0.6) is 0 Å². The third kappa shape index (κ3) is 7.78. The number of hydrogen-bond acceptors (Lipinski definition) is 4. The molecule has 1 fully saturated rings. The first-order valence-electron chi connectivity index (χ1n) is 5.36. The molecule has 0 bridgehead atoms. The van der Waals surface area contributed by atoms with Crippen LogP contribution in [0.2, 0.25) is 0 Å². The molecule has 0 aromatic carbocycles. The number of ether oxygens (including phenoxy) is 1. The van der Waals surface area contributed by atoms with Crippen molar-refractivity contribution in [3.63, 3.8) is 0 Å². The zero-order valence-corrected chi connectivity index (χ0v) is 12.0. The summed E-state index contributed by atoms with van der Waals surface area (Å²) in [6.07, 6.45) is 0. The first-order chi connectivity index (χ1) is 7.03. The standard InChI is InChI=1S/C10H21N3O2.2ClH/c1-10(2)8-13(5-6-15-10)4-3-12-9(14)7-11;;/h3-8,11H2,1-2H3,(H,12,14);2*1H. The van der Waals surface area contributed by atoms with E-state index in [1.54, 1.807) is 0 Å². The summed E-state index contributed by atoms with van der Waals surface area (Å²) in [6, 6.07) is 0. The third-order valence-electron chi connectivity index (χ3n) is 2.44. The molecule has 1 saturated heterocycles. The SMILES string of the molecule is CC1(C)CN(CCNC(=O)CN)CCO1.Cl.Cl. The van der Waals surface area contributed by atoms with Gasteiger partial charge in [0.1, 0.15) is 0 Å². The van der Waals surface area contributed by atoms with Gasteiger partial charge in [-0.05, 0) is 13.8 Å². The second-order valence-corrected chi connectivity index (χ2v) is 4.44. The molecule has 0 atom stereocenters. The lowest BCUT2D eigenvalue weighted by Gasteiger charge is -2.38. The Labute approximate surface area is 115 Å². The van der Waals surface area contributed by atoms with Crippen molar-refractivity contribution in [2.24, 2.45) is 5.73 Å². The third-order valence-corrected chi connectivity index (χ3v) is 2.44. The summed E-state index contributed by atoms with van der Waals surface area (Å²) in [5, 5.41) is 2.76. The van der Waals surface area contributed by atoms with E-state index in [9.17, 15) is 4.79 Å². The first-order valence-corrected chi connectivity index (χ1v) is 5.36. The topological polar surface area (TPSA) is 67.6 Å². The molecule has 3 N–H and O–H groups in total. The Morgan fingerprint density at radius 2 is 2.12 bits per heavy atom. The molecule has 0 saturated carbocycles. The quantitative estimate of drug-likeness (QED) is 0.765. The van der Waals surface area contributed by atoms with E-state index >= 15 is 0 Å². The number of halogens is 2. The van der Waals surface area contributed by atoms with Gasteiger partial charge in [-0.15, -0.1) is 24.8 Å². The van der Waals surface area contributed by atoms with Gasteiger partial charge in [0.15, 0.2) is 0 Å². The monoisotopic (exact) mass is 287 g/mol. The zero-order chi connectivity index (χ0) is 11.3. The lowest BCUT2D eigenvalue weighted by molar-refractivity contribution is -0.120. The van der Waals surface area contributed by atoms with Gasteiger partial charge in [0, 0.05) is 26.2 Å². The molecule has 1 aliphatic heterocycles. The van der Waals surface area contributed by atoms with Crippen LogP contribution in [0.25, 0.3) is 0 Å². The van der Waals surface area contributed by atoms with Gasteiger partial charge in [-0.25, -0.2) is 0 Å². The zero-order valence-electron chi connectivity index (χ0n) is 10.4. The van der Waals surface area contributed by atoms with Crippen molar-refractivity contribution in [2.75, 3.05) is 39.3 Å². The van der Waals surface area contributed by atoms with E-state index in [0.29, 0.717) is 6.54 Å². The summed E-state index contributed by atoms with van der Waals surface area (Å²) in [6.45, 7) is 8.35. The number of carbonyl (C=O) groups excluding carboxylic acids is 1. The Morgan fingerprint density at radius 1 is 1.47 bits per heavy atom. The Bertz CT molecular complexity index is 228. The summed E-state index contributed by atoms with van der Waals surface area (Å²) in [7, 11) is 0. The lowest BCUT2D eigenvalue weighted by Crippen LogP contribution is -2.50. The average Bonchev–Trinajstić information content (AvgIpc) is 2.16. The molecule has 0 unspecified atom stereocenters. The van der Waals surface area contributed by atoms with Gasteiger partial charge in [0.25, 0.3) is 0 Å². The molecule has 1 rings (SSSR count). The van der Waals surface area contributed by atoms with Crippen LogP contribution in [0.15, 0.2) is 0 Å². The molecule has 0 spiro atoms. The number of nitrogens with zero attached hydrogens (tertiary/aromatic N) is 1. The van der Waals surface area contributed by atoms with Crippen molar-refractivity contribution in [3.05, 3.63) is 0 Å². The number of amides is 1. The van der Waals surface area contributed by atoms with Crippen molar-refractivity contribution in [1.82, 2.24) is 10.2 Å². The minimum atomic E-state index is -0.0949. The highest BCUT2D eigenvalue weighted by atomic mass is 35.5. The number of nitrogens with one attached hydrogen (secondary N) is 1. The van der Waals surface area contributed by atoms with Crippen molar-refractivity contribution in [3.8, 4) is 0 Å². The van der Waals surface area contributed by atoms with Crippen LogP contribution in [0.1, 0.15) is 13.8 Å². The van der Waals surface area contributed by atoms with Crippen LogP contribution in [0.3, 0.4) is 0 Å². The van der Waals surface area contributed by atoms with Crippen LogP contribution in [0, 0.1) is 0 Å². The molecule has 17 heavy (non-hydrogen) atoms. The van der Waals surface area contributed by atoms with Crippen molar-refractivity contribution < 1.29 is 9.53 Å². The molecule has 0 aliphatic carbocycles. The summed E-state index contributed by atoms with van der Waals surface area (Å²) in [5.41, 5.74) is 5.12. The van der Waals surface area contributed by atoms with Crippen LogP contribution >= 0.6 is 24.8 Å². The van der Waals surface area contributed by atoms with Crippen LogP contribution in [-0.4, -0.2) is 55.7 Å². The molecular formula is C10H23Cl2N3O2. The minimum absolute atomic E-state index is 0. The predicted octanol–water partition coefficient (Wildman–Crippen LogP) is 0.0157. The Morgan fingerprint density at radius 3 is 2.65 bits per heavy atom. The summed E-state index contributed by atoms with van der Waals surface area (Å²) in [4.78, 5) is 13.2. The van der Waals surface area contributed by atoms with Crippen LogP contribution in [-0.2, 0) is 9.53 Å². The molecule has 1 aliphatic rings. The average molecular weight is 288 g/mol. The summed E-state index contributed by atoms with van der Waals surface area (Å²) >= 11 is 0. The van der Waals surface area contributed by atoms with Crippen molar-refractivity contribution >= 4 is 30.7 Å². The van der Waals surface area contributed by atoms with Gasteiger partial charge < -0.3 is 15.8 Å². The van der Waals surface area contributed by atoms with Gasteiger partial charge >= 0.3 is 0 Å². The fourth-order valence-electron chi connectivity index (χ4n) is 1.73. The Balaban J connectivity index is 0. The summed E-state index contributed by atoms with van der Waals surface area (Å²) < 4.78 is 5.60. The van der Waals surface area contributed by atoms with E-state index < -0.39 is 0 Å². The van der Waals surface area contributed by atoms with E-state index in [2.05, 4.69) is 24.1 Å². The molecule has 0 aromatic rings. The molecule has 104 valence electrons. The second-order valence-electron chi connectivity index (χ2n) is 4.44. The lowest BCUT2D eigenvalue weighted by atomic mass is 10.1.